The van der Waals surface area contributed by atoms with Gasteiger partial charge < -0.3 is 4.90 Å². The fourth-order valence-electron chi connectivity index (χ4n) is 3.49. The van der Waals surface area contributed by atoms with Gasteiger partial charge in [0.2, 0.25) is 0 Å². The van der Waals surface area contributed by atoms with Crippen LogP contribution in [0.2, 0.25) is 0 Å². The second kappa shape index (κ2) is 7.56. The second-order valence-corrected chi connectivity index (χ2v) is 6.62. The van der Waals surface area contributed by atoms with Crippen molar-refractivity contribution in [2.75, 3.05) is 31.1 Å². The van der Waals surface area contributed by atoms with Crippen molar-refractivity contribution in [3.63, 3.8) is 0 Å². The normalized spacial score (nSPS) is 15.4. The number of anilines is 1. The third-order valence-corrected chi connectivity index (χ3v) is 4.80. The van der Waals surface area contributed by atoms with Crippen LogP contribution >= 0.6 is 0 Å². The Labute approximate surface area is 157 Å². The van der Waals surface area contributed by atoms with Gasteiger partial charge in [-0.2, -0.15) is 5.26 Å². The summed E-state index contributed by atoms with van der Waals surface area (Å²) >= 11 is 0. The summed E-state index contributed by atoms with van der Waals surface area (Å²) in [7, 11) is 0. The van der Waals surface area contributed by atoms with E-state index in [1.807, 2.05) is 18.2 Å². The predicted octanol–water partition coefficient (Wildman–Crippen LogP) is 1.67. The van der Waals surface area contributed by atoms with E-state index in [1.165, 1.54) is 0 Å². The van der Waals surface area contributed by atoms with Gasteiger partial charge in [-0.05, 0) is 30.7 Å². The first kappa shape index (κ1) is 17.2. The molecule has 0 amide bonds. The second-order valence-electron chi connectivity index (χ2n) is 6.62. The van der Waals surface area contributed by atoms with Gasteiger partial charge in [0, 0.05) is 51.2 Å². The lowest BCUT2D eigenvalue weighted by molar-refractivity contribution is 0.282. The van der Waals surface area contributed by atoms with E-state index in [4.69, 9.17) is 0 Å². The Balaban J connectivity index is 1.49. The predicted molar refractivity (Wildman–Crippen MR) is 103 cm³/mol. The highest BCUT2D eigenvalue weighted by Crippen LogP contribution is 2.18. The molecule has 0 atom stereocenters. The SMILES string of the molecule is N#Cc1cccnc1N1CCCN(Cc2cc(=O)n3ccccc3n2)CC1. The molecule has 7 heteroatoms. The molecule has 136 valence electrons. The minimum Gasteiger partial charge on any atom is -0.354 e. The van der Waals surface area contributed by atoms with E-state index in [0.29, 0.717) is 17.8 Å². The van der Waals surface area contributed by atoms with Crippen molar-refractivity contribution in [2.24, 2.45) is 0 Å². The maximum absolute atomic E-state index is 12.3. The van der Waals surface area contributed by atoms with Crippen LogP contribution in [0.15, 0.2) is 53.6 Å². The lowest BCUT2D eigenvalue weighted by Crippen LogP contribution is -2.32. The lowest BCUT2D eigenvalue weighted by atomic mass is 10.2. The van der Waals surface area contributed by atoms with E-state index in [9.17, 15) is 10.1 Å². The highest BCUT2D eigenvalue weighted by atomic mass is 16.1. The van der Waals surface area contributed by atoms with Crippen LogP contribution in [0.4, 0.5) is 5.82 Å². The molecule has 0 bridgehead atoms. The molecular formula is C20H20N6O. The molecule has 0 aliphatic carbocycles. The van der Waals surface area contributed by atoms with Crippen molar-refractivity contribution in [2.45, 2.75) is 13.0 Å². The number of nitrogens with zero attached hydrogens (tertiary/aromatic N) is 6. The number of hydrogen-bond acceptors (Lipinski definition) is 6. The van der Waals surface area contributed by atoms with Gasteiger partial charge >= 0.3 is 0 Å². The Bertz CT molecular complexity index is 1050. The third kappa shape index (κ3) is 3.66. The standard InChI is InChI=1S/C20H20N6O/c21-14-16-5-3-7-22-20(16)25-9-4-8-24(11-12-25)15-17-13-19(27)26-10-2-1-6-18(26)23-17/h1-3,5-7,10,13H,4,8-9,11-12,15H2. The van der Waals surface area contributed by atoms with E-state index in [1.54, 1.807) is 35.0 Å². The summed E-state index contributed by atoms with van der Waals surface area (Å²) in [5.41, 5.74) is 2.01. The maximum Gasteiger partial charge on any atom is 0.258 e. The van der Waals surface area contributed by atoms with Gasteiger partial charge in [-0.15, -0.1) is 0 Å². The van der Waals surface area contributed by atoms with Crippen LogP contribution in [0, 0.1) is 11.3 Å². The fourth-order valence-corrected chi connectivity index (χ4v) is 3.49. The minimum atomic E-state index is -0.0563. The van der Waals surface area contributed by atoms with Gasteiger partial charge in [-0.25, -0.2) is 9.97 Å². The Hall–Kier alpha value is -3.24. The van der Waals surface area contributed by atoms with Crippen LogP contribution < -0.4 is 10.5 Å². The van der Waals surface area contributed by atoms with E-state index >= 15 is 0 Å². The summed E-state index contributed by atoms with van der Waals surface area (Å²) in [5.74, 6) is 0.754. The molecular weight excluding hydrogens is 340 g/mol. The first-order valence-corrected chi connectivity index (χ1v) is 9.04. The quantitative estimate of drug-likeness (QED) is 0.707. The van der Waals surface area contributed by atoms with Crippen molar-refractivity contribution in [3.05, 3.63) is 70.4 Å². The van der Waals surface area contributed by atoms with E-state index in [2.05, 4.69) is 25.8 Å². The molecule has 0 unspecified atom stereocenters. The fraction of sp³-hybridized carbons (Fsp3) is 0.300. The molecule has 3 aromatic heterocycles. The molecule has 7 nitrogen and oxygen atoms in total. The van der Waals surface area contributed by atoms with Crippen LogP contribution in [0.3, 0.4) is 0 Å². The maximum atomic E-state index is 12.3. The van der Waals surface area contributed by atoms with Gasteiger partial charge in [0.25, 0.3) is 5.56 Å². The molecule has 0 saturated carbocycles. The largest absolute Gasteiger partial charge is 0.354 e. The molecule has 27 heavy (non-hydrogen) atoms. The monoisotopic (exact) mass is 360 g/mol. The smallest absolute Gasteiger partial charge is 0.258 e. The Morgan fingerprint density at radius 1 is 1.11 bits per heavy atom. The van der Waals surface area contributed by atoms with Crippen LogP contribution in [0.5, 0.6) is 0 Å². The first-order chi connectivity index (χ1) is 13.2. The van der Waals surface area contributed by atoms with Crippen LogP contribution in [-0.2, 0) is 6.54 Å². The average Bonchev–Trinajstić information content (AvgIpc) is 2.93. The van der Waals surface area contributed by atoms with E-state index in [0.717, 1.165) is 44.1 Å². The van der Waals surface area contributed by atoms with Crippen molar-refractivity contribution < 1.29 is 0 Å². The topological polar surface area (TPSA) is 77.5 Å². The van der Waals surface area contributed by atoms with Gasteiger partial charge in [-0.1, -0.05) is 6.07 Å². The summed E-state index contributed by atoms with van der Waals surface area (Å²) in [6.45, 7) is 4.04. The number of nitriles is 1. The van der Waals surface area contributed by atoms with Crippen molar-refractivity contribution in [1.29, 1.82) is 5.26 Å². The molecule has 4 heterocycles. The summed E-state index contributed by atoms with van der Waals surface area (Å²) in [4.78, 5) is 25.8. The number of aromatic nitrogens is 3. The molecule has 1 aliphatic rings. The van der Waals surface area contributed by atoms with E-state index in [-0.39, 0.29) is 5.56 Å². The molecule has 1 aliphatic heterocycles. The summed E-state index contributed by atoms with van der Waals surface area (Å²) in [6, 6.07) is 13.0. The molecule has 1 fully saturated rings. The number of fused-ring (bicyclic) bond motifs is 1. The lowest BCUT2D eigenvalue weighted by Gasteiger charge is -2.23. The van der Waals surface area contributed by atoms with Gasteiger partial charge in [0.05, 0.1) is 11.3 Å². The molecule has 0 aromatic carbocycles. The zero-order valence-corrected chi connectivity index (χ0v) is 15.0. The van der Waals surface area contributed by atoms with Gasteiger partial charge in [-0.3, -0.25) is 14.1 Å². The Morgan fingerprint density at radius 3 is 2.93 bits per heavy atom. The van der Waals surface area contributed by atoms with Crippen LogP contribution in [0.25, 0.3) is 5.65 Å². The highest BCUT2D eigenvalue weighted by Gasteiger charge is 2.19. The zero-order chi connectivity index (χ0) is 18.6. The van der Waals surface area contributed by atoms with Crippen molar-refractivity contribution >= 4 is 11.5 Å². The molecule has 3 aromatic rings. The number of rotatable bonds is 3. The molecule has 0 spiro atoms. The van der Waals surface area contributed by atoms with Crippen molar-refractivity contribution in [3.8, 4) is 6.07 Å². The minimum absolute atomic E-state index is 0.0563. The zero-order valence-electron chi connectivity index (χ0n) is 15.0. The summed E-state index contributed by atoms with van der Waals surface area (Å²) < 4.78 is 1.55. The molecule has 4 rings (SSSR count). The summed E-state index contributed by atoms with van der Waals surface area (Å²) in [5, 5.41) is 9.31. The average molecular weight is 360 g/mol. The van der Waals surface area contributed by atoms with Gasteiger partial charge in [0.1, 0.15) is 17.5 Å². The molecule has 0 N–H and O–H groups in total. The van der Waals surface area contributed by atoms with Crippen LogP contribution in [0.1, 0.15) is 17.7 Å². The van der Waals surface area contributed by atoms with E-state index < -0.39 is 0 Å². The Kier molecular flexibility index (Phi) is 4.81. The van der Waals surface area contributed by atoms with Crippen molar-refractivity contribution in [1.82, 2.24) is 19.3 Å². The molecule has 0 radical (unpaired) electrons. The number of pyridine rings is 2. The highest BCUT2D eigenvalue weighted by molar-refractivity contribution is 5.53. The van der Waals surface area contributed by atoms with Gasteiger partial charge in [0.15, 0.2) is 0 Å². The number of hydrogen-bond donors (Lipinski definition) is 0. The van der Waals surface area contributed by atoms with Crippen LogP contribution in [-0.4, -0.2) is 45.4 Å². The molecule has 1 saturated heterocycles. The third-order valence-electron chi connectivity index (χ3n) is 4.80. The Morgan fingerprint density at radius 2 is 2.04 bits per heavy atom. The first-order valence-electron chi connectivity index (χ1n) is 9.04. The summed E-state index contributed by atoms with van der Waals surface area (Å²) in [6.07, 6.45) is 4.43.